The minimum absolute atomic E-state index is 1.17. The van der Waals surface area contributed by atoms with Crippen molar-refractivity contribution < 1.29 is 0 Å². The molecule has 0 aliphatic heterocycles. The van der Waals surface area contributed by atoms with E-state index in [1.807, 2.05) is 0 Å². The van der Waals surface area contributed by atoms with Gasteiger partial charge in [0.05, 0.1) is 55.3 Å². The van der Waals surface area contributed by atoms with Crippen LogP contribution in [0.5, 0.6) is 0 Å². The maximum Gasteiger partial charge on any atom is 0.0620 e. The Kier molecular flexibility index (Phi) is 17.0. The highest BCUT2D eigenvalue weighted by atomic mass is 15.0. The van der Waals surface area contributed by atoms with E-state index in [-0.39, 0.29) is 0 Å². The van der Waals surface area contributed by atoms with Crippen LogP contribution in [0.4, 0.5) is 0 Å². The number of hydrogen-bond donors (Lipinski definition) is 3. The quantitative estimate of drug-likeness (QED) is 0.136. The minimum atomic E-state index is 1.17. The molecular formula is C126H80N6. The van der Waals surface area contributed by atoms with Crippen LogP contribution in [0.15, 0.2) is 467 Å². The molecule has 0 aliphatic carbocycles. The van der Waals surface area contributed by atoms with Crippen LogP contribution >= 0.6 is 0 Å². The molecule has 6 aromatic heterocycles. The highest BCUT2D eigenvalue weighted by Crippen LogP contribution is 2.50. The summed E-state index contributed by atoms with van der Waals surface area (Å²) in [7, 11) is 0. The summed E-state index contributed by atoms with van der Waals surface area (Å²) in [4.78, 5) is 11.1. The molecule has 6 heterocycles. The summed E-state index contributed by atoms with van der Waals surface area (Å²) in [6.45, 7) is 0. The van der Waals surface area contributed by atoms with E-state index in [0.29, 0.717) is 0 Å². The zero-order valence-electron chi connectivity index (χ0n) is 71.8. The third kappa shape index (κ3) is 11.7. The molecule has 0 amide bonds. The molecule has 6 heteroatoms. The van der Waals surface area contributed by atoms with Crippen LogP contribution in [-0.2, 0) is 0 Å². The van der Waals surface area contributed by atoms with Crippen molar-refractivity contribution in [3.8, 4) is 72.7 Å². The maximum atomic E-state index is 3.72. The fraction of sp³-hybridized carbons (Fsp3) is 0. The topological polar surface area (TPSA) is 62.2 Å². The first-order valence-electron chi connectivity index (χ1n) is 45.5. The van der Waals surface area contributed by atoms with E-state index in [1.54, 1.807) is 0 Å². The van der Waals surface area contributed by atoms with Gasteiger partial charge in [-0.25, -0.2) is 0 Å². The van der Waals surface area contributed by atoms with E-state index in [4.69, 9.17) is 0 Å². The molecule has 0 radical (unpaired) electrons. The lowest BCUT2D eigenvalue weighted by Gasteiger charge is -2.16. The molecule has 3 N–H and O–H groups in total. The summed E-state index contributed by atoms with van der Waals surface area (Å²) in [6.07, 6.45) is 0. The maximum absolute atomic E-state index is 3.72. The van der Waals surface area contributed by atoms with Crippen LogP contribution in [0.25, 0.3) is 268 Å². The number of hydrogen-bond acceptors (Lipinski definition) is 0. The second-order valence-corrected chi connectivity index (χ2v) is 35.0. The van der Waals surface area contributed by atoms with Gasteiger partial charge in [-0.2, -0.15) is 0 Å². The number of H-pyrrole nitrogens is 3. The first-order chi connectivity index (χ1) is 65.5. The van der Waals surface area contributed by atoms with E-state index in [2.05, 4.69) is 496 Å². The van der Waals surface area contributed by atoms with E-state index in [0.717, 1.165) is 0 Å². The molecule has 0 fully saturated rings. The Hall–Kier alpha value is -17.6. The normalized spacial score (nSPS) is 11.9. The Labute approximate surface area is 758 Å². The molecule has 6 nitrogen and oxygen atoms in total. The highest BCUT2D eigenvalue weighted by Gasteiger charge is 2.26. The van der Waals surface area contributed by atoms with Crippen molar-refractivity contribution in [1.82, 2.24) is 28.7 Å². The lowest BCUT2D eigenvalue weighted by Crippen LogP contribution is -1.96. The zero-order valence-corrected chi connectivity index (χ0v) is 71.8. The number of para-hydroxylation sites is 8. The lowest BCUT2D eigenvalue weighted by atomic mass is 9.90. The monoisotopic (exact) mass is 1680 g/mol. The van der Waals surface area contributed by atoms with Gasteiger partial charge in [0, 0.05) is 125 Å². The number of rotatable bonds is 8. The van der Waals surface area contributed by atoms with Gasteiger partial charge < -0.3 is 28.7 Å². The van der Waals surface area contributed by atoms with Crippen LogP contribution in [0.1, 0.15) is 0 Å². The van der Waals surface area contributed by atoms with Gasteiger partial charge >= 0.3 is 0 Å². The zero-order chi connectivity index (χ0) is 86.6. The molecule has 23 aromatic carbocycles. The number of nitrogens with zero attached hydrogens (tertiary/aromatic N) is 3. The molecule has 0 bridgehead atoms. The summed E-state index contributed by atoms with van der Waals surface area (Å²) in [5.41, 5.74) is 30.4. The van der Waals surface area contributed by atoms with Crippen LogP contribution < -0.4 is 0 Å². The SMILES string of the molecule is c1ccc(-n2c3ccccc3c3cc(-c4cc5c6ccccc6[nH]c5c5ccccc45)c4ccccc4c32)cc1.c1ccc(-n2c3ccccc3c3ccc(-c4ccc(-c5ccc(-c6cc7c8ccccc8[nH]c7c7ccccc67)cc5)cc4)cc32)cc1.c1ccc2c(-n3c4ccccc4c4cc(-c5cc6c7ccccc7[nH]c6c6ccccc56)c5ccccc5c43)cccc2c1. The number of aromatic nitrogens is 6. The lowest BCUT2D eigenvalue weighted by molar-refractivity contribution is 1.18. The highest BCUT2D eigenvalue weighted by molar-refractivity contribution is 6.30. The van der Waals surface area contributed by atoms with Gasteiger partial charge in [-0.15, -0.1) is 0 Å². The Balaban J connectivity index is 0.000000102. The molecule has 0 atom stereocenters. The Morgan fingerprint density at radius 3 is 0.894 bits per heavy atom. The van der Waals surface area contributed by atoms with Crippen LogP contribution in [0, 0.1) is 0 Å². The van der Waals surface area contributed by atoms with Crippen molar-refractivity contribution in [3.63, 3.8) is 0 Å². The van der Waals surface area contributed by atoms with Gasteiger partial charge in [-0.1, -0.05) is 364 Å². The van der Waals surface area contributed by atoms with Crippen molar-refractivity contribution in [1.29, 1.82) is 0 Å². The van der Waals surface area contributed by atoms with Gasteiger partial charge in [0.25, 0.3) is 0 Å². The van der Waals surface area contributed by atoms with Gasteiger partial charge in [0.15, 0.2) is 0 Å². The van der Waals surface area contributed by atoms with Crippen molar-refractivity contribution in [3.05, 3.63) is 467 Å². The van der Waals surface area contributed by atoms with Crippen molar-refractivity contribution >= 4 is 195 Å². The molecule has 132 heavy (non-hydrogen) atoms. The first-order valence-corrected chi connectivity index (χ1v) is 45.5. The average Bonchev–Trinajstić information content (AvgIpc) is 1.56. The summed E-state index contributed by atoms with van der Waals surface area (Å²) in [5.74, 6) is 0. The molecule has 0 unspecified atom stereocenters. The predicted octanol–water partition coefficient (Wildman–Crippen LogP) is 34.5. The van der Waals surface area contributed by atoms with Gasteiger partial charge in [0.1, 0.15) is 0 Å². The summed E-state index contributed by atoms with van der Waals surface area (Å²) in [6, 6.07) is 170. The second-order valence-electron chi connectivity index (χ2n) is 35.0. The van der Waals surface area contributed by atoms with Crippen LogP contribution in [-0.4, -0.2) is 28.7 Å². The van der Waals surface area contributed by atoms with E-state index in [9.17, 15) is 0 Å². The number of fused-ring (bicyclic) bond motifs is 29. The van der Waals surface area contributed by atoms with E-state index >= 15 is 0 Å². The summed E-state index contributed by atoms with van der Waals surface area (Å²) in [5, 5.41) is 30.3. The summed E-state index contributed by atoms with van der Waals surface area (Å²) < 4.78 is 7.29. The fourth-order valence-corrected chi connectivity index (χ4v) is 22.0. The third-order valence-corrected chi connectivity index (χ3v) is 28.0. The van der Waals surface area contributed by atoms with Gasteiger partial charge in [-0.05, 0) is 191 Å². The number of aromatic amines is 3. The van der Waals surface area contributed by atoms with E-state index < -0.39 is 0 Å². The average molecular weight is 1680 g/mol. The Morgan fingerprint density at radius 2 is 0.432 bits per heavy atom. The molecular weight excluding hydrogens is 1600 g/mol. The first kappa shape index (κ1) is 74.6. The predicted molar refractivity (Wildman–Crippen MR) is 563 cm³/mol. The Morgan fingerprint density at radius 1 is 0.144 bits per heavy atom. The van der Waals surface area contributed by atoms with Crippen molar-refractivity contribution in [2.24, 2.45) is 0 Å². The minimum Gasteiger partial charge on any atom is -0.354 e. The molecule has 614 valence electrons. The second kappa shape index (κ2) is 30.0. The fourth-order valence-electron chi connectivity index (χ4n) is 22.0. The number of nitrogens with one attached hydrogen (secondary N) is 3. The van der Waals surface area contributed by atoms with Gasteiger partial charge in [-0.3, -0.25) is 0 Å². The molecule has 29 aromatic rings. The standard InChI is InChI=1S/C46H30N2.C42H26N2.C38H24N2/c1-2-10-35(11-3-1)48-44-17-9-7-14-38(44)39-27-26-34(28-45(39)48)32-20-18-30(19-21-32)31-22-24-33(25-23-31)41-29-42-37-13-6-8-16-43(37)47-46(42)40-15-5-4-12-36(40)41;1-2-14-27-26(12-1)13-11-23-39(27)44-40-22-10-8-18-31(40)37-25-35(29-16-4-6-20-33(29)42(37)44)34-24-36-30-17-7-9-21-38(30)43-41(36)32-19-5-3-15-28(32)34;1-2-12-24(13-3-1)40-36-21-11-9-17-28(36)34-23-32(26-15-5-7-19-30(26)38(34)40)31-22-33-27-16-8-10-20-35(27)39-37(33)29-18-6-4-14-25(29)31/h1-29,47H;1-25,43H;1-23,39H. The largest absolute Gasteiger partial charge is 0.354 e. The summed E-state index contributed by atoms with van der Waals surface area (Å²) >= 11 is 0. The smallest absolute Gasteiger partial charge is 0.0620 e. The van der Waals surface area contributed by atoms with Crippen molar-refractivity contribution in [2.45, 2.75) is 0 Å². The Bertz CT molecular complexity index is 9780. The van der Waals surface area contributed by atoms with Crippen molar-refractivity contribution in [2.75, 3.05) is 0 Å². The third-order valence-electron chi connectivity index (χ3n) is 28.0. The van der Waals surface area contributed by atoms with Crippen LogP contribution in [0.2, 0.25) is 0 Å². The molecule has 0 aliphatic rings. The number of benzene rings is 23. The molecule has 29 rings (SSSR count). The molecule has 0 saturated heterocycles. The molecule has 0 saturated carbocycles. The molecule has 0 spiro atoms. The van der Waals surface area contributed by atoms with Crippen LogP contribution in [0.3, 0.4) is 0 Å². The van der Waals surface area contributed by atoms with Gasteiger partial charge in [0.2, 0.25) is 0 Å². The van der Waals surface area contributed by atoms with E-state index in [1.165, 1.54) is 268 Å².